The lowest BCUT2D eigenvalue weighted by Gasteiger charge is -2.43. The van der Waals surface area contributed by atoms with Crippen LogP contribution in [0.5, 0.6) is 0 Å². The van der Waals surface area contributed by atoms with Crippen LogP contribution in [0.4, 0.5) is 10.1 Å². The van der Waals surface area contributed by atoms with Crippen molar-refractivity contribution in [2.24, 2.45) is 4.99 Å². The van der Waals surface area contributed by atoms with Crippen LogP contribution in [-0.4, -0.2) is 56.9 Å². The fourth-order valence-electron chi connectivity index (χ4n) is 3.84. The zero-order valence-electron chi connectivity index (χ0n) is 17.0. The molecule has 27 heavy (non-hydrogen) atoms. The number of hydrogen-bond donors (Lipinski definition) is 2. The van der Waals surface area contributed by atoms with E-state index >= 15 is 0 Å². The number of nitriles is 1. The number of aliphatic imine (C=N–C) groups is 1. The average Bonchev–Trinajstić information content (AvgIpc) is 2.66. The van der Waals surface area contributed by atoms with E-state index in [2.05, 4.69) is 15.3 Å². The maximum Gasteiger partial charge on any atom is 0.316 e. The van der Waals surface area contributed by atoms with Gasteiger partial charge in [0.15, 0.2) is 6.19 Å². The third kappa shape index (κ3) is 4.61. The number of halogens is 1. The quantitative estimate of drug-likeness (QED) is 0.207. The van der Waals surface area contributed by atoms with Gasteiger partial charge in [-0.2, -0.15) is 19.7 Å². The van der Waals surface area contributed by atoms with Gasteiger partial charge in [-0.3, -0.25) is 4.48 Å². The van der Waals surface area contributed by atoms with E-state index in [0.29, 0.717) is 22.6 Å². The Kier molecular flexibility index (Phi) is 5.90. The second kappa shape index (κ2) is 7.50. The molecule has 0 saturated carbocycles. The Hall–Kier alpha value is -2.08. The van der Waals surface area contributed by atoms with Crippen LogP contribution in [0, 0.1) is 17.4 Å². The molecule has 1 fully saturated rings. The van der Waals surface area contributed by atoms with Gasteiger partial charge in [0.1, 0.15) is 0 Å². The number of pyridine rings is 1. The molecule has 2 N–H and O–H groups in total. The molecule has 0 aliphatic carbocycles. The van der Waals surface area contributed by atoms with Gasteiger partial charge in [0, 0.05) is 23.9 Å². The van der Waals surface area contributed by atoms with E-state index < -0.39 is 11.5 Å². The molecule has 1 aromatic rings. The predicted molar refractivity (Wildman–Crippen MR) is 102 cm³/mol. The molecule has 1 unspecified atom stereocenters. The Labute approximate surface area is 160 Å². The summed E-state index contributed by atoms with van der Waals surface area (Å²) >= 11 is 0. The standard InChI is InChI=1S/C19H30FN6O/c1-18(2)10-9-15(11-19(3,4)25(18)27)26(5,6)17(23-13-21)24-14-7-8-16(20)22-12-14/h7-8,12,15,27H,9-11H2,1-6H3,(H,23,24)/q+1. The van der Waals surface area contributed by atoms with Crippen LogP contribution in [0.25, 0.3) is 0 Å². The summed E-state index contributed by atoms with van der Waals surface area (Å²) in [5, 5.41) is 24.1. The zero-order valence-corrected chi connectivity index (χ0v) is 17.0. The molecule has 1 saturated heterocycles. The van der Waals surface area contributed by atoms with Crippen molar-refractivity contribution in [3.63, 3.8) is 0 Å². The number of hydrogen-bond acceptors (Lipinski definition) is 5. The zero-order chi connectivity index (χ0) is 20.5. The first-order valence-electron chi connectivity index (χ1n) is 9.09. The number of rotatable bonds is 2. The highest BCUT2D eigenvalue weighted by atomic mass is 19.1. The second-order valence-corrected chi connectivity index (χ2v) is 8.88. The maximum atomic E-state index is 13.1. The highest BCUT2D eigenvalue weighted by Crippen LogP contribution is 2.38. The Morgan fingerprint density at radius 2 is 2.04 bits per heavy atom. The lowest BCUT2D eigenvalue weighted by molar-refractivity contribution is -0.831. The molecule has 1 aliphatic heterocycles. The van der Waals surface area contributed by atoms with E-state index in [-0.39, 0.29) is 11.6 Å². The van der Waals surface area contributed by atoms with E-state index in [4.69, 9.17) is 0 Å². The van der Waals surface area contributed by atoms with E-state index in [1.807, 2.05) is 48.0 Å². The monoisotopic (exact) mass is 377 g/mol. The van der Waals surface area contributed by atoms with Gasteiger partial charge in [-0.1, -0.05) is 0 Å². The molecule has 1 atom stereocenters. The van der Waals surface area contributed by atoms with Gasteiger partial charge >= 0.3 is 5.96 Å². The van der Waals surface area contributed by atoms with Crippen molar-refractivity contribution in [1.29, 1.82) is 5.26 Å². The van der Waals surface area contributed by atoms with Crippen molar-refractivity contribution >= 4 is 11.6 Å². The smallest absolute Gasteiger partial charge is 0.313 e. The molecule has 0 amide bonds. The molecular formula is C19H30FN6O+. The number of aromatic nitrogens is 1. The van der Waals surface area contributed by atoms with Crippen LogP contribution in [0.15, 0.2) is 23.3 Å². The first-order chi connectivity index (χ1) is 12.4. The molecule has 0 aromatic carbocycles. The highest BCUT2D eigenvalue weighted by molar-refractivity contribution is 5.77. The molecule has 1 aromatic heterocycles. The Morgan fingerprint density at radius 1 is 1.37 bits per heavy atom. The first-order valence-corrected chi connectivity index (χ1v) is 9.09. The van der Waals surface area contributed by atoms with E-state index in [1.165, 1.54) is 23.4 Å². The average molecular weight is 377 g/mol. The third-order valence-corrected chi connectivity index (χ3v) is 5.54. The Bertz CT molecular complexity index is 736. The third-order valence-electron chi connectivity index (χ3n) is 5.54. The summed E-state index contributed by atoms with van der Waals surface area (Å²) in [6.07, 6.45) is 5.67. The summed E-state index contributed by atoms with van der Waals surface area (Å²) in [4.78, 5) is 8.14. The number of quaternary nitrogens is 1. The Balaban J connectivity index is 2.40. The molecule has 0 radical (unpaired) electrons. The van der Waals surface area contributed by atoms with Crippen molar-refractivity contribution in [3.8, 4) is 6.19 Å². The van der Waals surface area contributed by atoms with E-state index in [9.17, 15) is 14.9 Å². The van der Waals surface area contributed by atoms with Crippen molar-refractivity contribution in [3.05, 3.63) is 24.3 Å². The molecule has 7 nitrogen and oxygen atoms in total. The second-order valence-electron chi connectivity index (χ2n) is 8.88. The molecule has 8 heteroatoms. The minimum Gasteiger partial charge on any atom is -0.313 e. The molecule has 148 valence electrons. The van der Waals surface area contributed by atoms with Gasteiger partial charge in [0.25, 0.3) is 0 Å². The fraction of sp³-hybridized carbons (Fsp3) is 0.632. The molecule has 1 aliphatic rings. The minimum atomic E-state index is -0.576. The summed E-state index contributed by atoms with van der Waals surface area (Å²) < 4.78 is 13.4. The van der Waals surface area contributed by atoms with Gasteiger partial charge < -0.3 is 5.21 Å². The predicted octanol–water partition coefficient (Wildman–Crippen LogP) is 3.16. The molecule has 0 spiro atoms. The van der Waals surface area contributed by atoms with Crippen molar-refractivity contribution in [2.45, 2.75) is 64.1 Å². The number of guanidine groups is 1. The van der Waals surface area contributed by atoms with Gasteiger partial charge in [0.2, 0.25) is 5.95 Å². The maximum absolute atomic E-state index is 13.1. The van der Waals surface area contributed by atoms with Crippen LogP contribution in [-0.2, 0) is 0 Å². The van der Waals surface area contributed by atoms with Crippen LogP contribution >= 0.6 is 0 Å². The fourth-order valence-corrected chi connectivity index (χ4v) is 3.84. The summed E-state index contributed by atoms with van der Waals surface area (Å²) in [5.41, 5.74) is -0.314. The minimum absolute atomic E-state index is 0.115. The van der Waals surface area contributed by atoms with Crippen LogP contribution in [0.2, 0.25) is 0 Å². The lowest BCUT2D eigenvalue weighted by atomic mass is 9.93. The highest BCUT2D eigenvalue weighted by Gasteiger charge is 2.47. The van der Waals surface area contributed by atoms with Gasteiger partial charge in [-0.15, -0.1) is 0 Å². The topological polar surface area (TPSA) is 84.5 Å². The van der Waals surface area contributed by atoms with Crippen LogP contribution < -0.4 is 5.32 Å². The van der Waals surface area contributed by atoms with Crippen LogP contribution in [0.3, 0.4) is 0 Å². The van der Waals surface area contributed by atoms with Gasteiger partial charge in [-0.05, 0) is 46.2 Å². The summed E-state index contributed by atoms with van der Waals surface area (Å²) in [6, 6.07) is 2.88. The number of nitrogens with zero attached hydrogens (tertiary/aromatic N) is 5. The normalized spacial score (nSPS) is 23.4. The van der Waals surface area contributed by atoms with Crippen molar-refractivity contribution in [1.82, 2.24) is 15.4 Å². The SMILES string of the molecule is CC1(C)CCC([N+](C)(C)C(=Nc2ccc(F)nc2)NC#N)CC(C)(C)N1O. The lowest BCUT2D eigenvalue weighted by Crippen LogP contribution is -2.59. The van der Waals surface area contributed by atoms with Crippen molar-refractivity contribution < 1.29 is 14.1 Å². The molecule has 2 heterocycles. The summed E-state index contributed by atoms with van der Waals surface area (Å²) in [5.74, 6) is -0.121. The number of hydroxylamine groups is 2. The first kappa shape index (κ1) is 21.2. The van der Waals surface area contributed by atoms with E-state index in [0.717, 1.165) is 12.8 Å². The van der Waals surface area contributed by atoms with Gasteiger partial charge in [-0.25, -0.2) is 10.3 Å². The summed E-state index contributed by atoms with van der Waals surface area (Å²) in [7, 11) is 3.97. The van der Waals surface area contributed by atoms with E-state index in [1.54, 1.807) is 0 Å². The molecular weight excluding hydrogens is 347 g/mol. The van der Waals surface area contributed by atoms with Crippen molar-refractivity contribution in [2.75, 3.05) is 14.1 Å². The Morgan fingerprint density at radius 3 is 2.59 bits per heavy atom. The van der Waals surface area contributed by atoms with Gasteiger partial charge in [0.05, 0.1) is 32.0 Å². The molecule has 2 rings (SSSR count). The molecule has 0 bridgehead atoms. The van der Waals surface area contributed by atoms with Crippen LogP contribution in [0.1, 0.15) is 47.0 Å². The largest absolute Gasteiger partial charge is 0.316 e. The number of nitrogens with one attached hydrogen (secondary N) is 1. The summed E-state index contributed by atoms with van der Waals surface area (Å²) in [6.45, 7) is 8.10.